The van der Waals surface area contributed by atoms with Crippen LogP contribution in [0.3, 0.4) is 0 Å². The van der Waals surface area contributed by atoms with Gasteiger partial charge < -0.3 is 0 Å². The zero-order valence-electron chi connectivity index (χ0n) is 20.1. The molecular formula is C27H50N2. The lowest BCUT2D eigenvalue weighted by Crippen LogP contribution is -2.04. The molecule has 0 fully saturated rings. The minimum absolute atomic E-state index is 1.02. The quantitative estimate of drug-likeness (QED) is 0.204. The number of hydrogen-bond donors (Lipinski definition) is 0. The predicted molar refractivity (Wildman–Crippen MR) is 129 cm³/mol. The van der Waals surface area contributed by atoms with Crippen molar-refractivity contribution in [2.24, 2.45) is 0 Å². The third kappa shape index (κ3) is 14.7. The highest BCUT2D eigenvalue weighted by Gasteiger charge is 2.05. The van der Waals surface area contributed by atoms with E-state index >= 15 is 0 Å². The van der Waals surface area contributed by atoms with Gasteiger partial charge in [-0.3, -0.25) is 0 Å². The van der Waals surface area contributed by atoms with Crippen LogP contribution in [0, 0.1) is 0 Å². The summed E-state index contributed by atoms with van der Waals surface area (Å²) in [6, 6.07) is 2.31. The van der Waals surface area contributed by atoms with E-state index in [-0.39, 0.29) is 0 Å². The van der Waals surface area contributed by atoms with E-state index < -0.39 is 0 Å². The van der Waals surface area contributed by atoms with Crippen LogP contribution in [0.25, 0.3) is 0 Å². The van der Waals surface area contributed by atoms with E-state index in [9.17, 15) is 0 Å². The summed E-state index contributed by atoms with van der Waals surface area (Å²) in [5.74, 6) is 1.08. The highest BCUT2D eigenvalue weighted by atomic mass is 14.9. The Morgan fingerprint density at radius 1 is 0.448 bits per heavy atom. The van der Waals surface area contributed by atoms with Crippen LogP contribution in [0.2, 0.25) is 0 Å². The first-order valence-electron chi connectivity index (χ1n) is 13.2. The Bertz CT molecular complexity index is 445. The fourth-order valence-corrected chi connectivity index (χ4v) is 4.08. The van der Waals surface area contributed by atoms with Crippen molar-refractivity contribution < 1.29 is 0 Å². The third-order valence-electron chi connectivity index (χ3n) is 5.93. The van der Waals surface area contributed by atoms with Gasteiger partial charge in [-0.15, -0.1) is 0 Å². The summed E-state index contributed by atoms with van der Waals surface area (Å²) >= 11 is 0. The highest BCUT2D eigenvalue weighted by Crippen LogP contribution is 2.14. The van der Waals surface area contributed by atoms with E-state index in [0.29, 0.717) is 0 Å². The maximum Gasteiger partial charge on any atom is 0.128 e. The lowest BCUT2D eigenvalue weighted by atomic mass is 10.0. The second-order valence-corrected chi connectivity index (χ2v) is 8.97. The molecule has 0 aromatic carbocycles. The maximum atomic E-state index is 4.86. The molecule has 0 saturated carbocycles. The number of hydrogen-bond acceptors (Lipinski definition) is 2. The van der Waals surface area contributed by atoms with Crippen LogP contribution in [0.4, 0.5) is 0 Å². The third-order valence-corrected chi connectivity index (χ3v) is 5.93. The number of aromatic nitrogens is 2. The lowest BCUT2D eigenvalue weighted by Gasteiger charge is -2.08. The molecule has 0 spiro atoms. The standard InChI is InChI=1S/C27H50N2/c1-4-7-9-11-13-15-17-19-22-25-24-26(29-27(28-25)21-6-3)23-20-18-16-14-12-10-8-5-2/h24H,4-23H2,1-3H3. The molecule has 29 heavy (non-hydrogen) atoms. The fraction of sp³-hybridized carbons (Fsp3) is 0.852. The number of rotatable bonds is 20. The van der Waals surface area contributed by atoms with Gasteiger partial charge in [-0.05, 0) is 38.2 Å². The first-order valence-corrected chi connectivity index (χ1v) is 13.2. The zero-order valence-corrected chi connectivity index (χ0v) is 20.1. The molecule has 1 aromatic rings. The van der Waals surface area contributed by atoms with Gasteiger partial charge in [0.2, 0.25) is 0 Å². The van der Waals surface area contributed by atoms with Crippen molar-refractivity contribution >= 4 is 0 Å². The minimum atomic E-state index is 1.02. The molecule has 0 bridgehead atoms. The largest absolute Gasteiger partial charge is 0.238 e. The predicted octanol–water partition coefficient (Wildman–Crippen LogP) is 8.80. The van der Waals surface area contributed by atoms with Crippen molar-refractivity contribution in [1.29, 1.82) is 0 Å². The average Bonchev–Trinajstić information content (AvgIpc) is 2.72. The van der Waals surface area contributed by atoms with Gasteiger partial charge in [0.1, 0.15) is 5.82 Å². The molecule has 168 valence electrons. The van der Waals surface area contributed by atoms with Gasteiger partial charge in [0.15, 0.2) is 0 Å². The number of nitrogens with zero attached hydrogens (tertiary/aromatic N) is 2. The van der Waals surface area contributed by atoms with Gasteiger partial charge in [0.25, 0.3) is 0 Å². The van der Waals surface area contributed by atoms with E-state index in [2.05, 4.69) is 26.8 Å². The highest BCUT2D eigenvalue weighted by molar-refractivity contribution is 5.12. The molecular weight excluding hydrogens is 352 g/mol. The molecule has 2 nitrogen and oxygen atoms in total. The molecule has 1 rings (SSSR count). The van der Waals surface area contributed by atoms with E-state index in [1.54, 1.807) is 0 Å². The topological polar surface area (TPSA) is 25.8 Å². The summed E-state index contributed by atoms with van der Waals surface area (Å²) in [6.45, 7) is 6.81. The first kappa shape index (κ1) is 26.1. The van der Waals surface area contributed by atoms with Crippen molar-refractivity contribution in [1.82, 2.24) is 9.97 Å². The molecule has 2 heteroatoms. The van der Waals surface area contributed by atoms with Crippen LogP contribution in [0.5, 0.6) is 0 Å². The zero-order chi connectivity index (χ0) is 21.0. The molecule has 0 aliphatic heterocycles. The summed E-state index contributed by atoms with van der Waals surface area (Å²) in [7, 11) is 0. The fourth-order valence-electron chi connectivity index (χ4n) is 4.08. The van der Waals surface area contributed by atoms with Crippen LogP contribution >= 0.6 is 0 Å². The van der Waals surface area contributed by atoms with Gasteiger partial charge in [0.05, 0.1) is 0 Å². The van der Waals surface area contributed by atoms with Gasteiger partial charge in [-0.1, -0.05) is 111 Å². The molecule has 1 aromatic heterocycles. The second kappa shape index (κ2) is 19.1. The summed E-state index contributed by atoms with van der Waals surface area (Å²) in [4.78, 5) is 9.71. The molecule has 0 N–H and O–H groups in total. The van der Waals surface area contributed by atoms with Gasteiger partial charge in [0, 0.05) is 17.8 Å². The molecule has 0 radical (unpaired) electrons. The molecule has 0 unspecified atom stereocenters. The Morgan fingerprint density at radius 3 is 1.21 bits per heavy atom. The average molecular weight is 403 g/mol. The molecule has 0 aliphatic rings. The van der Waals surface area contributed by atoms with Crippen molar-refractivity contribution in [2.45, 2.75) is 149 Å². The Hall–Kier alpha value is -0.920. The van der Waals surface area contributed by atoms with Crippen LogP contribution in [0.1, 0.15) is 147 Å². The molecule has 0 saturated heterocycles. The van der Waals surface area contributed by atoms with E-state index in [1.165, 1.54) is 114 Å². The van der Waals surface area contributed by atoms with Crippen LogP contribution in [-0.4, -0.2) is 9.97 Å². The minimum Gasteiger partial charge on any atom is -0.238 e. The van der Waals surface area contributed by atoms with Crippen molar-refractivity contribution in [3.63, 3.8) is 0 Å². The Balaban J connectivity index is 2.29. The molecule has 0 aliphatic carbocycles. The monoisotopic (exact) mass is 402 g/mol. The van der Waals surface area contributed by atoms with Crippen LogP contribution in [0.15, 0.2) is 6.07 Å². The van der Waals surface area contributed by atoms with Crippen molar-refractivity contribution in [2.75, 3.05) is 0 Å². The van der Waals surface area contributed by atoms with E-state index in [1.807, 2.05) is 0 Å². The summed E-state index contributed by atoms with van der Waals surface area (Å²) < 4.78 is 0. The maximum absolute atomic E-state index is 4.86. The van der Waals surface area contributed by atoms with Gasteiger partial charge in [-0.25, -0.2) is 9.97 Å². The second-order valence-electron chi connectivity index (χ2n) is 8.97. The normalized spacial score (nSPS) is 11.3. The Morgan fingerprint density at radius 2 is 0.828 bits per heavy atom. The number of aryl methyl sites for hydroxylation is 3. The summed E-state index contributed by atoms with van der Waals surface area (Å²) in [6.07, 6.45) is 26.5. The molecule has 1 heterocycles. The van der Waals surface area contributed by atoms with Gasteiger partial charge in [-0.2, -0.15) is 0 Å². The lowest BCUT2D eigenvalue weighted by molar-refractivity contribution is 0.570. The SMILES string of the molecule is CCCCCCCCCCc1cc(CCCCCCCCCC)nc(CCC)n1. The first-order chi connectivity index (χ1) is 14.3. The van der Waals surface area contributed by atoms with Crippen molar-refractivity contribution in [3.05, 3.63) is 23.3 Å². The number of unbranched alkanes of at least 4 members (excludes halogenated alkanes) is 14. The van der Waals surface area contributed by atoms with Crippen LogP contribution < -0.4 is 0 Å². The molecule has 0 atom stereocenters. The summed E-state index contributed by atoms with van der Waals surface area (Å²) in [5.41, 5.74) is 2.59. The van der Waals surface area contributed by atoms with Crippen LogP contribution in [-0.2, 0) is 19.3 Å². The smallest absolute Gasteiger partial charge is 0.128 e. The van der Waals surface area contributed by atoms with Gasteiger partial charge >= 0.3 is 0 Å². The summed E-state index contributed by atoms with van der Waals surface area (Å²) in [5, 5.41) is 0. The molecule has 0 amide bonds. The Labute approximate surface area is 182 Å². The van der Waals surface area contributed by atoms with E-state index in [0.717, 1.165) is 31.5 Å². The van der Waals surface area contributed by atoms with E-state index in [4.69, 9.17) is 9.97 Å². The van der Waals surface area contributed by atoms with Crippen molar-refractivity contribution in [3.8, 4) is 0 Å². The Kier molecular flexibility index (Phi) is 17.2.